The Hall–Kier alpha value is -0.400. The molecular formula is C11H18F2. The van der Waals surface area contributed by atoms with E-state index in [1.165, 1.54) is 0 Å². The Kier molecular flexibility index (Phi) is 3.09. The molecule has 0 aliphatic heterocycles. The number of halogens is 2. The van der Waals surface area contributed by atoms with Crippen LogP contribution in [0.3, 0.4) is 0 Å². The molecule has 2 unspecified atom stereocenters. The molecule has 0 amide bonds. The molecule has 2 atom stereocenters. The van der Waals surface area contributed by atoms with Gasteiger partial charge in [-0.15, -0.1) is 0 Å². The van der Waals surface area contributed by atoms with Gasteiger partial charge in [-0.3, -0.25) is 0 Å². The first-order valence-electron chi connectivity index (χ1n) is 5.02. The van der Waals surface area contributed by atoms with Gasteiger partial charge in [-0.2, -0.15) is 0 Å². The van der Waals surface area contributed by atoms with Crippen LogP contribution in [-0.2, 0) is 0 Å². The Balaban J connectivity index is 2.57. The van der Waals surface area contributed by atoms with Crippen molar-refractivity contribution in [1.82, 2.24) is 0 Å². The van der Waals surface area contributed by atoms with Crippen molar-refractivity contribution in [3.05, 3.63) is 12.2 Å². The van der Waals surface area contributed by atoms with E-state index in [1.54, 1.807) is 0 Å². The molecule has 1 fully saturated rings. The molecule has 1 rings (SSSR count). The van der Waals surface area contributed by atoms with Crippen molar-refractivity contribution in [3.8, 4) is 0 Å². The van der Waals surface area contributed by atoms with Gasteiger partial charge in [0.25, 0.3) is 0 Å². The van der Waals surface area contributed by atoms with Gasteiger partial charge in [0.2, 0.25) is 5.92 Å². The molecule has 1 aliphatic rings. The fraction of sp³-hybridized carbons (Fsp3) is 0.818. The van der Waals surface area contributed by atoms with E-state index in [-0.39, 0.29) is 24.7 Å². The highest BCUT2D eigenvalue weighted by Crippen LogP contribution is 2.46. The zero-order chi connectivity index (χ0) is 10.1. The Bertz CT molecular complexity index is 196. The topological polar surface area (TPSA) is 0 Å². The molecule has 0 saturated heterocycles. The number of alkyl halides is 2. The summed E-state index contributed by atoms with van der Waals surface area (Å²) in [4.78, 5) is 0. The van der Waals surface area contributed by atoms with Crippen LogP contribution in [0.25, 0.3) is 0 Å². The number of hydrogen-bond donors (Lipinski definition) is 0. The standard InChI is InChI=1S/C11H18F2/c1-4-5-8(2)10-7-11(12,13)6-9(10)3/h9-10H,2,4-7H2,1,3H3. The molecule has 0 radical (unpaired) electrons. The van der Waals surface area contributed by atoms with Crippen LogP contribution >= 0.6 is 0 Å². The summed E-state index contributed by atoms with van der Waals surface area (Å²) in [5, 5.41) is 0. The highest BCUT2D eigenvalue weighted by molar-refractivity contribution is 5.07. The van der Waals surface area contributed by atoms with E-state index >= 15 is 0 Å². The summed E-state index contributed by atoms with van der Waals surface area (Å²) >= 11 is 0. The lowest BCUT2D eigenvalue weighted by Crippen LogP contribution is -2.10. The summed E-state index contributed by atoms with van der Waals surface area (Å²) in [6.07, 6.45) is 1.96. The minimum atomic E-state index is -2.44. The van der Waals surface area contributed by atoms with Crippen LogP contribution in [0.2, 0.25) is 0 Å². The van der Waals surface area contributed by atoms with Crippen molar-refractivity contribution in [3.63, 3.8) is 0 Å². The minimum Gasteiger partial charge on any atom is -0.207 e. The summed E-state index contributed by atoms with van der Waals surface area (Å²) in [5.41, 5.74) is 1.02. The van der Waals surface area contributed by atoms with Gasteiger partial charge < -0.3 is 0 Å². The first kappa shape index (κ1) is 10.7. The third kappa shape index (κ3) is 2.52. The molecule has 0 spiro atoms. The molecule has 0 aromatic heterocycles. The normalized spacial score (nSPS) is 32.0. The largest absolute Gasteiger partial charge is 0.249 e. The number of hydrogen-bond acceptors (Lipinski definition) is 0. The zero-order valence-corrected chi connectivity index (χ0v) is 8.45. The molecule has 13 heavy (non-hydrogen) atoms. The van der Waals surface area contributed by atoms with Crippen molar-refractivity contribution in [2.24, 2.45) is 11.8 Å². The molecule has 0 nitrogen and oxygen atoms in total. The van der Waals surface area contributed by atoms with Crippen LogP contribution < -0.4 is 0 Å². The van der Waals surface area contributed by atoms with Gasteiger partial charge in [-0.05, 0) is 18.3 Å². The van der Waals surface area contributed by atoms with Crippen molar-refractivity contribution >= 4 is 0 Å². The Labute approximate surface area is 79.0 Å². The lowest BCUT2D eigenvalue weighted by molar-refractivity contribution is 0.00378. The monoisotopic (exact) mass is 188 g/mol. The number of rotatable bonds is 3. The highest BCUT2D eigenvalue weighted by atomic mass is 19.3. The quantitative estimate of drug-likeness (QED) is 0.587. The van der Waals surface area contributed by atoms with Crippen molar-refractivity contribution in [1.29, 1.82) is 0 Å². The lowest BCUT2D eigenvalue weighted by Gasteiger charge is -2.16. The fourth-order valence-corrected chi connectivity index (χ4v) is 2.27. The molecule has 0 bridgehead atoms. The molecule has 1 saturated carbocycles. The van der Waals surface area contributed by atoms with E-state index in [0.717, 1.165) is 18.4 Å². The molecule has 0 N–H and O–H groups in total. The predicted octanol–water partition coefficient (Wildman–Crippen LogP) is 4.02. The Morgan fingerprint density at radius 1 is 1.46 bits per heavy atom. The summed E-state index contributed by atoms with van der Waals surface area (Å²) in [7, 11) is 0. The first-order chi connectivity index (χ1) is 5.96. The molecule has 1 aliphatic carbocycles. The van der Waals surface area contributed by atoms with Gasteiger partial charge in [0.05, 0.1) is 0 Å². The minimum absolute atomic E-state index is 0.0208. The second-order valence-electron chi connectivity index (χ2n) is 4.26. The van der Waals surface area contributed by atoms with E-state index in [1.807, 2.05) is 6.92 Å². The summed E-state index contributed by atoms with van der Waals surface area (Å²) in [5.74, 6) is -2.29. The van der Waals surface area contributed by atoms with Gasteiger partial charge in [-0.1, -0.05) is 32.4 Å². The SMILES string of the molecule is C=C(CCC)C1CC(F)(F)CC1C. The van der Waals surface area contributed by atoms with Gasteiger partial charge >= 0.3 is 0 Å². The molecular weight excluding hydrogens is 170 g/mol. The smallest absolute Gasteiger partial charge is 0.207 e. The van der Waals surface area contributed by atoms with Gasteiger partial charge in [0, 0.05) is 12.8 Å². The number of allylic oxidation sites excluding steroid dienone is 1. The van der Waals surface area contributed by atoms with Crippen LogP contribution in [0, 0.1) is 11.8 Å². The van der Waals surface area contributed by atoms with E-state index in [0.29, 0.717) is 0 Å². The van der Waals surface area contributed by atoms with Gasteiger partial charge in [0.1, 0.15) is 0 Å². The van der Waals surface area contributed by atoms with E-state index in [9.17, 15) is 8.78 Å². The van der Waals surface area contributed by atoms with Crippen molar-refractivity contribution in [2.45, 2.75) is 45.5 Å². The van der Waals surface area contributed by atoms with Crippen LogP contribution in [-0.4, -0.2) is 5.92 Å². The Morgan fingerprint density at radius 3 is 2.46 bits per heavy atom. The second kappa shape index (κ2) is 3.77. The average Bonchev–Trinajstić information content (AvgIpc) is 2.25. The molecule has 0 aromatic carbocycles. The van der Waals surface area contributed by atoms with E-state index in [4.69, 9.17) is 0 Å². The highest BCUT2D eigenvalue weighted by Gasteiger charge is 2.44. The summed E-state index contributed by atoms with van der Waals surface area (Å²) in [6, 6.07) is 0. The van der Waals surface area contributed by atoms with Crippen molar-refractivity contribution in [2.75, 3.05) is 0 Å². The third-order valence-corrected chi connectivity index (χ3v) is 2.92. The first-order valence-corrected chi connectivity index (χ1v) is 5.02. The maximum Gasteiger partial charge on any atom is 0.249 e. The summed E-state index contributed by atoms with van der Waals surface area (Å²) in [6.45, 7) is 7.88. The average molecular weight is 188 g/mol. The maximum absolute atomic E-state index is 13.0. The van der Waals surface area contributed by atoms with Gasteiger partial charge in [0.15, 0.2) is 0 Å². The van der Waals surface area contributed by atoms with Crippen molar-refractivity contribution < 1.29 is 8.78 Å². The molecule has 76 valence electrons. The van der Waals surface area contributed by atoms with Gasteiger partial charge in [-0.25, -0.2) is 8.78 Å². The van der Waals surface area contributed by atoms with Crippen LogP contribution in [0.4, 0.5) is 8.78 Å². The van der Waals surface area contributed by atoms with Crippen LogP contribution in [0.15, 0.2) is 12.2 Å². The van der Waals surface area contributed by atoms with Crippen LogP contribution in [0.1, 0.15) is 39.5 Å². The maximum atomic E-state index is 13.0. The lowest BCUT2D eigenvalue weighted by atomic mass is 9.88. The van der Waals surface area contributed by atoms with Crippen LogP contribution in [0.5, 0.6) is 0 Å². The molecule has 2 heteroatoms. The second-order valence-corrected chi connectivity index (χ2v) is 4.26. The summed E-state index contributed by atoms with van der Waals surface area (Å²) < 4.78 is 26.0. The Morgan fingerprint density at radius 2 is 2.08 bits per heavy atom. The van der Waals surface area contributed by atoms with E-state index in [2.05, 4.69) is 13.5 Å². The zero-order valence-electron chi connectivity index (χ0n) is 8.45. The fourth-order valence-electron chi connectivity index (χ4n) is 2.27. The third-order valence-electron chi connectivity index (χ3n) is 2.92. The molecule has 0 aromatic rings. The van der Waals surface area contributed by atoms with E-state index < -0.39 is 5.92 Å². The molecule has 0 heterocycles. The predicted molar refractivity (Wildman–Crippen MR) is 50.9 cm³/mol.